The molecule has 1 radical (unpaired) electrons. The number of aliphatic carboxylic acids is 2. The molecule has 0 heterocycles. The van der Waals surface area contributed by atoms with E-state index in [4.69, 9.17) is 33.7 Å². The third kappa shape index (κ3) is 16.1. The average Bonchev–Trinajstić information content (AvgIpc) is 1.98. The van der Waals surface area contributed by atoms with Crippen LogP contribution in [0, 0.1) is 0 Å². The molecule has 0 spiro atoms. The quantitative estimate of drug-likeness (QED) is 0.305. The van der Waals surface area contributed by atoms with Crippen molar-refractivity contribution >= 4 is 32.2 Å². The minimum Gasteiger partial charge on any atom is -0.479 e. The molecule has 0 rings (SSSR count). The van der Waals surface area contributed by atoms with E-state index in [0.29, 0.717) is 0 Å². The second-order valence-corrected chi connectivity index (χ2v) is 4.21. The van der Waals surface area contributed by atoms with E-state index >= 15 is 0 Å². The fraction of sp³-hybridized carbons (Fsp3) is 0.500. The van der Waals surface area contributed by atoms with Gasteiger partial charge in [0.2, 0.25) is 0 Å². The normalized spacial score (nSPS) is 13.5. The van der Waals surface area contributed by atoms with Crippen LogP contribution in [0.15, 0.2) is 0 Å². The van der Waals surface area contributed by atoms with Crippen molar-refractivity contribution in [1.29, 1.82) is 0 Å². The van der Waals surface area contributed by atoms with Crippen molar-refractivity contribution < 1.29 is 60.4 Å². The molecule has 101 valence electrons. The summed E-state index contributed by atoms with van der Waals surface area (Å²) in [4.78, 5) is 19.5. The van der Waals surface area contributed by atoms with Crippen LogP contribution in [0.3, 0.4) is 0 Å². The first-order chi connectivity index (χ1) is 6.46. The number of carboxylic acids is 2. The van der Waals surface area contributed by atoms with Crippen molar-refractivity contribution in [2.24, 2.45) is 0 Å². The Bertz CT molecular complexity index is 298. The molecule has 0 bridgehead atoms. The SMILES string of the molecule is O=C(O)C(O)C(O)C(=O)O.O=S(O)(O)=S.[Cu]. The molecular formula is C4H8CuO9S2. The largest absolute Gasteiger partial charge is 0.479 e. The number of hydrogen-bond donors (Lipinski definition) is 6. The number of aliphatic hydroxyl groups is 2. The van der Waals surface area contributed by atoms with Crippen LogP contribution in [0.2, 0.25) is 0 Å². The molecule has 0 aromatic rings. The Balaban J connectivity index is -0.000000242. The summed E-state index contributed by atoms with van der Waals surface area (Å²) in [5.41, 5.74) is 0. The fourth-order valence-corrected chi connectivity index (χ4v) is 0.270. The van der Waals surface area contributed by atoms with Gasteiger partial charge in [-0.1, -0.05) is 0 Å². The van der Waals surface area contributed by atoms with Crippen molar-refractivity contribution in [2.45, 2.75) is 12.2 Å². The Hall–Kier alpha value is -0.331. The van der Waals surface area contributed by atoms with Gasteiger partial charge in [0.25, 0.3) is 9.05 Å². The zero-order chi connectivity index (χ0) is 12.8. The van der Waals surface area contributed by atoms with Gasteiger partial charge in [-0.2, -0.15) is 4.21 Å². The molecule has 0 aliphatic rings. The van der Waals surface area contributed by atoms with Crippen LogP contribution in [0.1, 0.15) is 0 Å². The van der Waals surface area contributed by atoms with E-state index in [9.17, 15) is 9.59 Å². The van der Waals surface area contributed by atoms with E-state index in [1.165, 1.54) is 0 Å². The molecule has 2 atom stereocenters. The van der Waals surface area contributed by atoms with E-state index in [2.05, 4.69) is 11.2 Å². The maximum absolute atomic E-state index is 9.77. The zero-order valence-corrected chi connectivity index (χ0v) is 9.76. The van der Waals surface area contributed by atoms with Gasteiger partial charge in [0.05, 0.1) is 0 Å². The van der Waals surface area contributed by atoms with Gasteiger partial charge < -0.3 is 20.4 Å². The van der Waals surface area contributed by atoms with Gasteiger partial charge in [0.15, 0.2) is 12.2 Å². The smallest absolute Gasteiger partial charge is 0.335 e. The van der Waals surface area contributed by atoms with Crippen LogP contribution in [-0.4, -0.2) is 57.9 Å². The fourth-order valence-electron chi connectivity index (χ4n) is 0.270. The second-order valence-electron chi connectivity index (χ2n) is 2.01. The Labute approximate surface area is 105 Å². The summed E-state index contributed by atoms with van der Waals surface area (Å²) in [6.07, 6.45) is -4.53. The maximum Gasteiger partial charge on any atom is 0.335 e. The van der Waals surface area contributed by atoms with Crippen LogP contribution in [0.4, 0.5) is 0 Å². The van der Waals surface area contributed by atoms with Crippen LogP contribution < -0.4 is 0 Å². The number of hydrogen-bond acceptors (Lipinski definition) is 6. The van der Waals surface area contributed by atoms with Crippen LogP contribution >= 0.6 is 0 Å². The molecule has 0 aromatic carbocycles. The van der Waals surface area contributed by atoms with Gasteiger partial charge in [-0.25, -0.2) is 9.59 Å². The number of aliphatic hydroxyl groups excluding tert-OH is 2. The third-order valence-corrected chi connectivity index (χ3v) is 0.805. The zero-order valence-electron chi connectivity index (χ0n) is 7.18. The van der Waals surface area contributed by atoms with E-state index in [1.54, 1.807) is 0 Å². The first-order valence-electron chi connectivity index (χ1n) is 2.98. The van der Waals surface area contributed by atoms with Crippen molar-refractivity contribution in [3.05, 3.63) is 0 Å². The van der Waals surface area contributed by atoms with Crippen molar-refractivity contribution in [1.82, 2.24) is 0 Å². The van der Waals surface area contributed by atoms with Crippen LogP contribution in [0.25, 0.3) is 0 Å². The van der Waals surface area contributed by atoms with Crippen LogP contribution in [-0.2, 0) is 46.9 Å². The Morgan fingerprint density at radius 3 is 1.19 bits per heavy atom. The minimum absolute atomic E-state index is 0. The Kier molecular flexibility index (Phi) is 11.5. The van der Waals surface area contributed by atoms with Gasteiger partial charge in [-0.3, -0.25) is 9.11 Å². The van der Waals surface area contributed by atoms with E-state index in [1.807, 2.05) is 0 Å². The van der Waals surface area contributed by atoms with Gasteiger partial charge >= 0.3 is 11.9 Å². The summed E-state index contributed by atoms with van der Waals surface area (Å²) in [5.74, 6) is -3.54. The molecule has 0 aliphatic carbocycles. The molecular weight excluding hydrogens is 320 g/mol. The van der Waals surface area contributed by atoms with E-state index < -0.39 is 33.2 Å². The summed E-state index contributed by atoms with van der Waals surface area (Å²) < 4.78 is 24.0. The monoisotopic (exact) mass is 327 g/mol. The average molecular weight is 328 g/mol. The standard InChI is InChI=1S/C4H6O6.Cu.H2O3S2/c5-1(3(7)8)2(6)4(9)10;;1-5(2,3)4/h1-2,5-6H,(H,7,8)(H,9,10);;(H2,1,2,3,4). The van der Waals surface area contributed by atoms with E-state index in [-0.39, 0.29) is 17.1 Å². The molecule has 0 amide bonds. The maximum atomic E-state index is 9.77. The van der Waals surface area contributed by atoms with Gasteiger partial charge in [0, 0.05) is 28.3 Å². The molecule has 0 aromatic heterocycles. The van der Waals surface area contributed by atoms with E-state index in [0.717, 1.165) is 0 Å². The van der Waals surface area contributed by atoms with Crippen LogP contribution in [0.5, 0.6) is 0 Å². The predicted octanol–water partition coefficient (Wildman–Crippen LogP) is -2.45. The number of rotatable bonds is 3. The van der Waals surface area contributed by atoms with Gasteiger partial charge in [-0.15, -0.1) is 0 Å². The first kappa shape index (κ1) is 21.0. The first-order valence-corrected chi connectivity index (χ1v) is 5.38. The second kappa shape index (κ2) is 8.78. The molecule has 9 nitrogen and oxygen atoms in total. The summed E-state index contributed by atoms with van der Waals surface area (Å²) in [7, 11) is -3.83. The predicted molar refractivity (Wildman–Crippen MR) is 48.1 cm³/mol. The molecule has 0 saturated heterocycles. The summed E-state index contributed by atoms with van der Waals surface area (Å²) in [5, 5.41) is 32.5. The summed E-state index contributed by atoms with van der Waals surface area (Å²) in [6, 6.07) is 0. The molecule has 0 fully saturated rings. The molecule has 16 heavy (non-hydrogen) atoms. The minimum atomic E-state index is -3.83. The molecule has 0 saturated carbocycles. The Morgan fingerprint density at radius 1 is 1.00 bits per heavy atom. The summed E-state index contributed by atoms with van der Waals surface area (Å²) in [6.45, 7) is 0. The molecule has 2 unspecified atom stereocenters. The Morgan fingerprint density at radius 2 is 1.12 bits per heavy atom. The molecule has 12 heteroatoms. The summed E-state index contributed by atoms with van der Waals surface area (Å²) >= 11 is 3.47. The van der Waals surface area contributed by atoms with Crippen molar-refractivity contribution in [3.8, 4) is 0 Å². The third-order valence-electron chi connectivity index (χ3n) is 0.805. The molecule has 0 aliphatic heterocycles. The topological polar surface area (TPSA) is 173 Å². The van der Waals surface area contributed by atoms with Gasteiger partial charge in [-0.05, 0) is 0 Å². The van der Waals surface area contributed by atoms with Gasteiger partial charge in [0.1, 0.15) is 0 Å². The van der Waals surface area contributed by atoms with Crippen molar-refractivity contribution in [3.63, 3.8) is 0 Å². The number of carbonyl (C=O) groups is 2. The molecule has 6 N–H and O–H groups in total. The number of carboxylic acid groups (broad SMARTS) is 2. The van der Waals surface area contributed by atoms with Crippen molar-refractivity contribution in [2.75, 3.05) is 0 Å².